The summed E-state index contributed by atoms with van der Waals surface area (Å²) in [6, 6.07) is 19.6. The summed E-state index contributed by atoms with van der Waals surface area (Å²) in [5, 5.41) is 11.3. The number of likely N-dealkylation sites (N-methyl/N-ethyl adjacent to an activating group) is 1. The molecule has 128 valence electrons. The molecule has 4 nitrogen and oxygen atoms in total. The van der Waals surface area contributed by atoms with Crippen LogP contribution in [-0.4, -0.2) is 25.1 Å². The van der Waals surface area contributed by atoms with Crippen LogP contribution in [0.1, 0.15) is 23.6 Å². The largest absolute Gasteiger partial charge is 0.384 e. The number of anilines is 2. The fourth-order valence-electron chi connectivity index (χ4n) is 3.53. The van der Waals surface area contributed by atoms with E-state index in [-0.39, 0.29) is 0 Å². The molecule has 3 N–H and O–H groups in total. The summed E-state index contributed by atoms with van der Waals surface area (Å²) < 4.78 is 0. The number of aryl methyl sites for hydroxylation is 1. The lowest BCUT2D eigenvalue weighted by atomic mass is 10.1. The number of rotatable bonds is 6. The molecule has 0 saturated carbocycles. The summed E-state index contributed by atoms with van der Waals surface area (Å²) in [7, 11) is 1.96. The van der Waals surface area contributed by atoms with Crippen LogP contribution in [0, 0.1) is 0 Å². The molecule has 0 radical (unpaired) electrons. The molecule has 1 aliphatic rings. The van der Waals surface area contributed by atoms with Gasteiger partial charge in [0.2, 0.25) is 0 Å². The Hall–Kier alpha value is -2.59. The van der Waals surface area contributed by atoms with Gasteiger partial charge in [0.1, 0.15) is 5.82 Å². The van der Waals surface area contributed by atoms with Gasteiger partial charge < -0.3 is 16.0 Å². The molecule has 0 bridgehead atoms. The van der Waals surface area contributed by atoms with Crippen LogP contribution < -0.4 is 16.0 Å². The molecular formula is C21H24N4. The van der Waals surface area contributed by atoms with E-state index in [0.29, 0.717) is 6.04 Å². The van der Waals surface area contributed by atoms with Crippen LogP contribution in [0.2, 0.25) is 0 Å². The highest BCUT2D eigenvalue weighted by Gasteiger charge is 2.21. The van der Waals surface area contributed by atoms with E-state index in [1.165, 1.54) is 11.1 Å². The normalized spacial score (nSPS) is 16.0. The Bertz CT molecular complexity index is 875. The first kappa shape index (κ1) is 15.9. The monoisotopic (exact) mass is 332 g/mol. The van der Waals surface area contributed by atoms with Crippen LogP contribution >= 0.6 is 0 Å². The summed E-state index contributed by atoms with van der Waals surface area (Å²) in [5.74, 6) is 0.949. The van der Waals surface area contributed by atoms with Crippen molar-refractivity contribution in [3.63, 3.8) is 0 Å². The smallest absolute Gasteiger partial charge is 0.127 e. The van der Waals surface area contributed by atoms with Crippen LogP contribution in [0.3, 0.4) is 0 Å². The lowest BCUT2D eigenvalue weighted by molar-refractivity contribution is 0.758. The Morgan fingerprint density at radius 3 is 2.88 bits per heavy atom. The molecule has 3 aromatic rings. The molecule has 0 amide bonds. The Morgan fingerprint density at radius 1 is 1.04 bits per heavy atom. The molecule has 4 rings (SSSR count). The van der Waals surface area contributed by atoms with Gasteiger partial charge in [0.15, 0.2) is 0 Å². The average Bonchev–Trinajstić information content (AvgIpc) is 3.05. The molecule has 0 saturated heterocycles. The number of aromatic nitrogens is 1. The van der Waals surface area contributed by atoms with Gasteiger partial charge in [-0.05, 0) is 61.3 Å². The van der Waals surface area contributed by atoms with Crippen LogP contribution in [-0.2, 0) is 6.42 Å². The average molecular weight is 332 g/mol. The third-order valence-corrected chi connectivity index (χ3v) is 4.85. The van der Waals surface area contributed by atoms with Gasteiger partial charge >= 0.3 is 0 Å². The van der Waals surface area contributed by atoms with Gasteiger partial charge in [0.25, 0.3) is 0 Å². The fourth-order valence-corrected chi connectivity index (χ4v) is 3.53. The van der Waals surface area contributed by atoms with Crippen molar-refractivity contribution in [2.75, 3.05) is 30.8 Å². The molecule has 0 unspecified atom stereocenters. The van der Waals surface area contributed by atoms with Crippen molar-refractivity contribution in [1.29, 1.82) is 0 Å². The standard InChI is InChI=1S/C21H24N4/c1-22-12-13-23-17-8-10-19-16(14-17)7-11-21(24-19)25-20-9-6-15-4-2-3-5-18(15)20/h2-5,7-8,10-11,14,20,22-23H,6,9,12-13H2,1H3,(H,24,25)/t20-/m1/s1. The summed E-state index contributed by atoms with van der Waals surface area (Å²) in [5.41, 5.74) is 5.02. The second-order valence-electron chi connectivity index (χ2n) is 6.57. The number of nitrogens with one attached hydrogen (secondary N) is 3. The van der Waals surface area contributed by atoms with Crippen LogP contribution in [0.4, 0.5) is 11.5 Å². The van der Waals surface area contributed by atoms with Crippen molar-refractivity contribution in [1.82, 2.24) is 10.3 Å². The van der Waals surface area contributed by atoms with E-state index in [2.05, 4.69) is 70.5 Å². The molecule has 1 heterocycles. The van der Waals surface area contributed by atoms with Gasteiger partial charge in [-0.25, -0.2) is 4.98 Å². The summed E-state index contributed by atoms with van der Waals surface area (Å²) >= 11 is 0. The first-order chi connectivity index (χ1) is 12.3. The minimum absolute atomic E-state index is 0.364. The topological polar surface area (TPSA) is 49.0 Å². The Labute approximate surface area is 148 Å². The molecule has 1 aliphatic carbocycles. The Balaban J connectivity index is 1.51. The molecule has 0 fully saturated rings. The second-order valence-corrected chi connectivity index (χ2v) is 6.57. The maximum atomic E-state index is 4.80. The molecule has 0 aliphatic heterocycles. The van der Waals surface area contributed by atoms with E-state index in [4.69, 9.17) is 4.98 Å². The van der Waals surface area contributed by atoms with E-state index < -0.39 is 0 Å². The maximum absolute atomic E-state index is 4.80. The minimum Gasteiger partial charge on any atom is -0.384 e. The summed E-state index contributed by atoms with van der Waals surface area (Å²) in [6.45, 7) is 1.86. The first-order valence-electron chi connectivity index (χ1n) is 8.97. The van der Waals surface area contributed by atoms with Crippen LogP contribution in [0.15, 0.2) is 54.6 Å². The number of nitrogens with zero attached hydrogens (tertiary/aromatic N) is 1. The van der Waals surface area contributed by atoms with Crippen molar-refractivity contribution in [3.05, 3.63) is 65.7 Å². The lowest BCUT2D eigenvalue weighted by Crippen LogP contribution is -2.17. The van der Waals surface area contributed by atoms with Crippen molar-refractivity contribution in [2.45, 2.75) is 18.9 Å². The SMILES string of the molecule is CNCCNc1ccc2nc(N[C@@H]3CCc4ccccc43)ccc2c1. The Morgan fingerprint density at radius 2 is 1.96 bits per heavy atom. The predicted molar refractivity (Wildman–Crippen MR) is 105 cm³/mol. The number of benzene rings is 2. The van der Waals surface area contributed by atoms with Crippen molar-refractivity contribution < 1.29 is 0 Å². The van der Waals surface area contributed by atoms with Gasteiger partial charge in [0, 0.05) is 24.2 Å². The molecule has 2 aromatic carbocycles. The lowest BCUT2D eigenvalue weighted by Gasteiger charge is -2.15. The van der Waals surface area contributed by atoms with E-state index in [9.17, 15) is 0 Å². The number of fused-ring (bicyclic) bond motifs is 2. The third-order valence-electron chi connectivity index (χ3n) is 4.85. The first-order valence-corrected chi connectivity index (χ1v) is 8.97. The molecule has 4 heteroatoms. The van der Waals surface area contributed by atoms with Gasteiger partial charge in [-0.1, -0.05) is 24.3 Å². The molecule has 1 atom stereocenters. The van der Waals surface area contributed by atoms with Crippen molar-refractivity contribution in [3.8, 4) is 0 Å². The quantitative estimate of drug-likeness (QED) is 0.598. The van der Waals surface area contributed by atoms with Gasteiger partial charge in [-0.2, -0.15) is 0 Å². The van der Waals surface area contributed by atoms with E-state index in [0.717, 1.165) is 48.3 Å². The molecule has 1 aromatic heterocycles. The number of hydrogen-bond donors (Lipinski definition) is 3. The van der Waals surface area contributed by atoms with Crippen molar-refractivity contribution >= 4 is 22.4 Å². The highest BCUT2D eigenvalue weighted by atomic mass is 15.0. The zero-order valence-electron chi connectivity index (χ0n) is 14.5. The zero-order chi connectivity index (χ0) is 17.1. The van der Waals surface area contributed by atoms with Gasteiger partial charge in [0.05, 0.1) is 11.6 Å². The maximum Gasteiger partial charge on any atom is 0.127 e. The number of hydrogen-bond acceptors (Lipinski definition) is 4. The highest BCUT2D eigenvalue weighted by Crippen LogP contribution is 2.33. The zero-order valence-corrected chi connectivity index (χ0v) is 14.5. The minimum atomic E-state index is 0.364. The number of pyridine rings is 1. The summed E-state index contributed by atoms with van der Waals surface area (Å²) in [4.78, 5) is 4.80. The molecular weight excluding hydrogens is 308 g/mol. The fraction of sp³-hybridized carbons (Fsp3) is 0.286. The van der Waals surface area contributed by atoms with Gasteiger partial charge in [-0.15, -0.1) is 0 Å². The van der Waals surface area contributed by atoms with E-state index >= 15 is 0 Å². The van der Waals surface area contributed by atoms with E-state index in [1.54, 1.807) is 0 Å². The van der Waals surface area contributed by atoms with Gasteiger partial charge in [-0.3, -0.25) is 0 Å². The highest BCUT2D eigenvalue weighted by molar-refractivity contribution is 5.83. The van der Waals surface area contributed by atoms with E-state index in [1.807, 2.05) is 7.05 Å². The summed E-state index contributed by atoms with van der Waals surface area (Å²) in [6.07, 6.45) is 2.27. The second kappa shape index (κ2) is 7.11. The predicted octanol–water partition coefficient (Wildman–Crippen LogP) is 3.97. The van der Waals surface area contributed by atoms with Crippen molar-refractivity contribution in [2.24, 2.45) is 0 Å². The van der Waals surface area contributed by atoms with Crippen LogP contribution in [0.25, 0.3) is 10.9 Å². The molecule has 0 spiro atoms. The molecule has 25 heavy (non-hydrogen) atoms. The third kappa shape index (κ3) is 3.44. The van der Waals surface area contributed by atoms with Crippen LogP contribution in [0.5, 0.6) is 0 Å². The Kier molecular flexibility index (Phi) is 4.53.